The van der Waals surface area contributed by atoms with E-state index >= 15 is 0 Å². The Hall–Kier alpha value is -1.03. The molecule has 1 N–H and O–H groups in total. The van der Waals surface area contributed by atoms with Crippen LogP contribution in [0.3, 0.4) is 0 Å². The summed E-state index contributed by atoms with van der Waals surface area (Å²) in [5, 5.41) is 9.17. The topological polar surface area (TPSA) is 29.9 Å². The van der Waals surface area contributed by atoms with Crippen molar-refractivity contribution in [1.29, 1.82) is 0 Å². The van der Waals surface area contributed by atoms with Crippen LogP contribution in [0.5, 0.6) is 0 Å². The van der Waals surface area contributed by atoms with Gasteiger partial charge >= 0.3 is 0 Å². The van der Waals surface area contributed by atoms with E-state index in [0.29, 0.717) is 10.0 Å². The molecule has 0 radical (unpaired) electrons. The van der Waals surface area contributed by atoms with Gasteiger partial charge in [0.25, 0.3) is 0 Å². The van der Waals surface area contributed by atoms with Gasteiger partial charge in [0.15, 0.2) is 0 Å². The summed E-state index contributed by atoms with van der Waals surface area (Å²) in [4.78, 5) is 0. The van der Waals surface area contributed by atoms with Gasteiger partial charge in [-0.1, -0.05) is 36.2 Å². The third kappa shape index (κ3) is 3.98. The summed E-state index contributed by atoms with van der Waals surface area (Å²) in [6.45, 7) is 5.87. The Kier molecular flexibility index (Phi) is 5.46. The molecule has 108 valence electrons. The summed E-state index contributed by atoms with van der Waals surface area (Å²) in [6.07, 6.45) is 4.88. The Labute approximate surface area is 129 Å². The van der Waals surface area contributed by atoms with Crippen LogP contribution in [-0.2, 0) is 6.54 Å². The molecule has 1 heterocycles. The molecule has 5 heteroatoms. The van der Waals surface area contributed by atoms with Gasteiger partial charge in [0.1, 0.15) is 0 Å². The molecule has 0 aliphatic rings. The fourth-order valence-corrected chi connectivity index (χ4v) is 2.74. The SMILES string of the molecule is CCC(NCCn1cc(C)cn1)c1ccc(Cl)cc1Cl. The Morgan fingerprint density at radius 1 is 1.35 bits per heavy atom. The molecule has 0 spiro atoms. The predicted molar refractivity (Wildman–Crippen MR) is 84.5 cm³/mol. The molecule has 0 amide bonds. The lowest BCUT2D eigenvalue weighted by Crippen LogP contribution is -2.25. The van der Waals surface area contributed by atoms with Crippen molar-refractivity contribution in [3.05, 3.63) is 51.8 Å². The highest BCUT2D eigenvalue weighted by molar-refractivity contribution is 6.35. The zero-order valence-corrected chi connectivity index (χ0v) is 13.2. The fraction of sp³-hybridized carbons (Fsp3) is 0.400. The van der Waals surface area contributed by atoms with Crippen molar-refractivity contribution in [3.63, 3.8) is 0 Å². The summed E-state index contributed by atoms with van der Waals surface area (Å²) < 4.78 is 1.94. The van der Waals surface area contributed by atoms with Gasteiger partial charge in [-0.2, -0.15) is 5.10 Å². The third-order valence-corrected chi connectivity index (χ3v) is 3.80. The van der Waals surface area contributed by atoms with Crippen molar-refractivity contribution in [3.8, 4) is 0 Å². The standard InChI is InChI=1S/C15H19Cl2N3/c1-3-15(13-5-4-12(16)8-14(13)17)18-6-7-20-10-11(2)9-19-20/h4-5,8-10,15,18H,3,6-7H2,1-2H3. The van der Waals surface area contributed by atoms with Crippen molar-refractivity contribution in [2.24, 2.45) is 0 Å². The lowest BCUT2D eigenvalue weighted by atomic mass is 10.0. The zero-order valence-electron chi connectivity index (χ0n) is 11.7. The lowest BCUT2D eigenvalue weighted by molar-refractivity contribution is 0.477. The quantitative estimate of drug-likeness (QED) is 0.864. The van der Waals surface area contributed by atoms with Crippen molar-refractivity contribution in [2.45, 2.75) is 32.9 Å². The maximum absolute atomic E-state index is 6.26. The van der Waals surface area contributed by atoms with Crippen LogP contribution >= 0.6 is 23.2 Å². The molecule has 1 aromatic heterocycles. The van der Waals surface area contributed by atoms with Crippen molar-refractivity contribution in [1.82, 2.24) is 15.1 Å². The van der Waals surface area contributed by atoms with E-state index in [1.165, 1.54) is 5.56 Å². The fourth-order valence-electron chi connectivity index (χ4n) is 2.20. The van der Waals surface area contributed by atoms with E-state index in [1.807, 2.05) is 36.1 Å². The molecule has 0 fully saturated rings. The Morgan fingerprint density at radius 3 is 2.75 bits per heavy atom. The normalized spacial score (nSPS) is 12.6. The molecular weight excluding hydrogens is 293 g/mol. The van der Waals surface area contributed by atoms with Gasteiger partial charge < -0.3 is 5.32 Å². The van der Waals surface area contributed by atoms with Gasteiger partial charge in [0, 0.05) is 28.8 Å². The van der Waals surface area contributed by atoms with E-state index in [4.69, 9.17) is 23.2 Å². The minimum atomic E-state index is 0.233. The first-order valence-electron chi connectivity index (χ1n) is 6.77. The van der Waals surface area contributed by atoms with Crippen LogP contribution in [0.2, 0.25) is 10.0 Å². The zero-order chi connectivity index (χ0) is 14.5. The number of halogens is 2. The van der Waals surface area contributed by atoms with Gasteiger partial charge in [-0.3, -0.25) is 4.68 Å². The first kappa shape index (κ1) is 15.4. The monoisotopic (exact) mass is 311 g/mol. The second-order valence-electron chi connectivity index (χ2n) is 4.86. The third-order valence-electron chi connectivity index (χ3n) is 3.24. The van der Waals surface area contributed by atoms with Crippen LogP contribution in [0, 0.1) is 6.92 Å². The number of aromatic nitrogens is 2. The minimum absolute atomic E-state index is 0.233. The van der Waals surface area contributed by atoms with Gasteiger partial charge in [-0.15, -0.1) is 0 Å². The maximum Gasteiger partial charge on any atom is 0.0534 e. The van der Waals surface area contributed by atoms with Crippen molar-refractivity contribution >= 4 is 23.2 Å². The van der Waals surface area contributed by atoms with E-state index < -0.39 is 0 Å². The molecule has 20 heavy (non-hydrogen) atoms. The number of benzene rings is 1. The molecule has 0 saturated heterocycles. The highest BCUT2D eigenvalue weighted by Crippen LogP contribution is 2.27. The summed E-state index contributed by atoms with van der Waals surface area (Å²) in [7, 11) is 0. The smallest absolute Gasteiger partial charge is 0.0534 e. The number of nitrogens with zero attached hydrogens (tertiary/aromatic N) is 2. The molecule has 3 nitrogen and oxygen atoms in total. The molecule has 1 unspecified atom stereocenters. The first-order valence-corrected chi connectivity index (χ1v) is 7.53. The van der Waals surface area contributed by atoms with E-state index in [-0.39, 0.29) is 6.04 Å². The second kappa shape index (κ2) is 7.11. The van der Waals surface area contributed by atoms with Crippen LogP contribution in [0.15, 0.2) is 30.6 Å². The van der Waals surface area contributed by atoms with Crippen LogP contribution in [0.1, 0.15) is 30.5 Å². The maximum atomic E-state index is 6.26. The predicted octanol–water partition coefficient (Wildman–Crippen LogP) is 4.24. The number of rotatable bonds is 6. The second-order valence-corrected chi connectivity index (χ2v) is 5.71. The Bertz CT molecular complexity index is 566. The molecule has 0 saturated carbocycles. The molecular formula is C15H19Cl2N3. The van der Waals surface area contributed by atoms with E-state index in [9.17, 15) is 0 Å². The summed E-state index contributed by atoms with van der Waals surface area (Å²) in [6, 6.07) is 5.89. The molecule has 0 aliphatic carbocycles. The highest BCUT2D eigenvalue weighted by Gasteiger charge is 2.12. The Morgan fingerprint density at radius 2 is 2.15 bits per heavy atom. The number of hydrogen-bond acceptors (Lipinski definition) is 2. The van der Waals surface area contributed by atoms with Crippen LogP contribution < -0.4 is 5.32 Å². The average molecular weight is 312 g/mol. The Balaban J connectivity index is 1.95. The molecule has 2 aromatic rings. The van der Waals surface area contributed by atoms with Gasteiger partial charge in [-0.25, -0.2) is 0 Å². The highest BCUT2D eigenvalue weighted by atomic mass is 35.5. The van der Waals surface area contributed by atoms with E-state index in [0.717, 1.165) is 25.1 Å². The summed E-state index contributed by atoms with van der Waals surface area (Å²) in [5.41, 5.74) is 2.27. The first-order chi connectivity index (χ1) is 9.60. The average Bonchev–Trinajstić information content (AvgIpc) is 2.81. The molecule has 0 aliphatic heterocycles. The van der Waals surface area contributed by atoms with Crippen LogP contribution in [0.25, 0.3) is 0 Å². The summed E-state index contributed by atoms with van der Waals surface area (Å²) in [5.74, 6) is 0. The number of hydrogen-bond donors (Lipinski definition) is 1. The minimum Gasteiger partial charge on any atom is -0.308 e. The van der Waals surface area contributed by atoms with Gasteiger partial charge in [0.2, 0.25) is 0 Å². The molecule has 1 atom stereocenters. The van der Waals surface area contributed by atoms with E-state index in [1.54, 1.807) is 6.07 Å². The van der Waals surface area contributed by atoms with Gasteiger partial charge in [-0.05, 0) is 36.6 Å². The van der Waals surface area contributed by atoms with Crippen LogP contribution in [-0.4, -0.2) is 16.3 Å². The number of nitrogens with one attached hydrogen (secondary N) is 1. The molecule has 1 aromatic carbocycles. The van der Waals surface area contributed by atoms with Crippen LogP contribution in [0.4, 0.5) is 0 Å². The molecule has 0 bridgehead atoms. The number of aryl methyl sites for hydroxylation is 1. The van der Waals surface area contributed by atoms with Crippen molar-refractivity contribution in [2.75, 3.05) is 6.54 Å². The lowest BCUT2D eigenvalue weighted by Gasteiger charge is -2.19. The van der Waals surface area contributed by atoms with E-state index in [2.05, 4.69) is 17.3 Å². The van der Waals surface area contributed by atoms with Crippen molar-refractivity contribution < 1.29 is 0 Å². The summed E-state index contributed by atoms with van der Waals surface area (Å²) >= 11 is 12.2. The largest absolute Gasteiger partial charge is 0.308 e. The molecule has 2 rings (SSSR count). The van der Waals surface area contributed by atoms with Gasteiger partial charge in [0.05, 0.1) is 12.7 Å².